The number of carbonyl (C=O) groups excluding carboxylic acids is 1. The lowest BCUT2D eigenvalue weighted by molar-refractivity contribution is -0.136. The Morgan fingerprint density at radius 2 is 2.00 bits per heavy atom. The predicted octanol–water partition coefficient (Wildman–Crippen LogP) is -0.878. The van der Waals surface area contributed by atoms with Crippen molar-refractivity contribution < 1.29 is 4.79 Å². The number of rotatable bonds is 7. The van der Waals surface area contributed by atoms with Gasteiger partial charge in [-0.2, -0.15) is 0 Å². The van der Waals surface area contributed by atoms with E-state index in [0.29, 0.717) is 13.1 Å². The van der Waals surface area contributed by atoms with Crippen molar-refractivity contribution in [3.05, 3.63) is 0 Å². The largest absolute Gasteiger partial charge is 0.341 e. The van der Waals surface area contributed by atoms with Crippen molar-refractivity contribution in [2.75, 3.05) is 39.8 Å². The van der Waals surface area contributed by atoms with Gasteiger partial charge in [0, 0.05) is 19.6 Å². The molecular formula is C11H24N4O. The standard InChI is InChI=1S/C11H24N4O/c1-14-7-9-15-8-4-11(2-5-12,3-6-13)10(15)16/h14H,2-9,12-13H2,1H3. The number of nitrogens with zero attached hydrogens (tertiary/aromatic N) is 1. The molecule has 0 aliphatic carbocycles. The molecular weight excluding hydrogens is 204 g/mol. The number of nitrogens with one attached hydrogen (secondary N) is 1. The molecule has 5 heteroatoms. The Morgan fingerprint density at radius 3 is 2.50 bits per heavy atom. The molecule has 1 saturated heterocycles. The van der Waals surface area contributed by atoms with Crippen molar-refractivity contribution in [2.45, 2.75) is 19.3 Å². The van der Waals surface area contributed by atoms with Crippen LogP contribution in [0, 0.1) is 5.41 Å². The van der Waals surface area contributed by atoms with E-state index in [0.717, 1.165) is 38.9 Å². The minimum absolute atomic E-state index is 0.249. The Balaban J connectivity index is 2.63. The third kappa shape index (κ3) is 2.72. The maximum absolute atomic E-state index is 12.3. The summed E-state index contributed by atoms with van der Waals surface area (Å²) in [6.45, 7) is 3.59. The van der Waals surface area contributed by atoms with Gasteiger partial charge in [-0.25, -0.2) is 0 Å². The highest BCUT2D eigenvalue weighted by molar-refractivity contribution is 5.84. The van der Waals surface area contributed by atoms with Gasteiger partial charge in [-0.15, -0.1) is 0 Å². The lowest BCUT2D eigenvalue weighted by Gasteiger charge is -2.27. The molecule has 1 fully saturated rings. The molecule has 0 aromatic rings. The molecule has 16 heavy (non-hydrogen) atoms. The summed E-state index contributed by atoms with van der Waals surface area (Å²) < 4.78 is 0. The van der Waals surface area contributed by atoms with Gasteiger partial charge in [0.15, 0.2) is 0 Å². The van der Waals surface area contributed by atoms with Gasteiger partial charge in [0.2, 0.25) is 5.91 Å². The Kier molecular flexibility index (Phi) is 5.18. The Labute approximate surface area is 97.5 Å². The Morgan fingerprint density at radius 1 is 1.38 bits per heavy atom. The molecule has 0 unspecified atom stereocenters. The first-order chi connectivity index (χ1) is 7.70. The summed E-state index contributed by atoms with van der Waals surface area (Å²) in [6, 6.07) is 0. The second-order valence-electron chi connectivity index (χ2n) is 4.50. The van der Waals surface area contributed by atoms with Crippen LogP contribution in [-0.4, -0.2) is 50.6 Å². The summed E-state index contributed by atoms with van der Waals surface area (Å²) in [5.74, 6) is 0.249. The Bertz CT molecular complexity index is 226. The van der Waals surface area contributed by atoms with Gasteiger partial charge in [-0.3, -0.25) is 4.79 Å². The van der Waals surface area contributed by atoms with Crippen LogP contribution in [0.4, 0.5) is 0 Å². The van der Waals surface area contributed by atoms with Crippen LogP contribution in [0.25, 0.3) is 0 Å². The van der Waals surface area contributed by atoms with Crippen LogP contribution in [0.5, 0.6) is 0 Å². The lowest BCUT2D eigenvalue weighted by Crippen LogP contribution is -2.39. The zero-order valence-corrected chi connectivity index (χ0v) is 10.2. The van der Waals surface area contributed by atoms with Gasteiger partial charge in [-0.05, 0) is 39.4 Å². The fraction of sp³-hybridized carbons (Fsp3) is 0.909. The lowest BCUT2D eigenvalue weighted by atomic mass is 9.79. The van der Waals surface area contributed by atoms with Crippen LogP contribution < -0.4 is 16.8 Å². The summed E-state index contributed by atoms with van der Waals surface area (Å²) >= 11 is 0. The van der Waals surface area contributed by atoms with Crippen molar-refractivity contribution in [3.8, 4) is 0 Å². The molecule has 0 atom stereocenters. The SMILES string of the molecule is CNCCN1CCC(CCN)(CCN)C1=O. The third-order valence-electron chi connectivity index (χ3n) is 3.48. The normalized spacial score (nSPS) is 19.4. The number of carbonyl (C=O) groups is 1. The second kappa shape index (κ2) is 6.18. The van der Waals surface area contributed by atoms with E-state index in [1.54, 1.807) is 0 Å². The number of nitrogens with two attached hydrogens (primary N) is 2. The van der Waals surface area contributed by atoms with Crippen molar-refractivity contribution >= 4 is 5.91 Å². The van der Waals surface area contributed by atoms with Crippen molar-refractivity contribution in [2.24, 2.45) is 16.9 Å². The molecule has 0 saturated carbocycles. The highest BCUT2D eigenvalue weighted by Gasteiger charge is 2.44. The molecule has 0 bridgehead atoms. The molecule has 1 aliphatic rings. The summed E-state index contributed by atoms with van der Waals surface area (Å²) in [4.78, 5) is 14.2. The molecule has 94 valence electrons. The van der Waals surface area contributed by atoms with Gasteiger partial charge >= 0.3 is 0 Å². The topological polar surface area (TPSA) is 84.4 Å². The summed E-state index contributed by atoms with van der Waals surface area (Å²) in [5, 5.41) is 3.06. The van der Waals surface area contributed by atoms with E-state index < -0.39 is 0 Å². The Hall–Kier alpha value is -0.650. The summed E-state index contributed by atoms with van der Waals surface area (Å²) in [7, 11) is 1.90. The average molecular weight is 228 g/mol. The first-order valence-corrected chi connectivity index (χ1v) is 6.04. The smallest absolute Gasteiger partial charge is 0.228 e. The maximum Gasteiger partial charge on any atom is 0.228 e. The monoisotopic (exact) mass is 228 g/mol. The second-order valence-corrected chi connectivity index (χ2v) is 4.50. The van der Waals surface area contributed by atoms with Gasteiger partial charge < -0.3 is 21.7 Å². The van der Waals surface area contributed by atoms with Crippen molar-refractivity contribution in [3.63, 3.8) is 0 Å². The fourth-order valence-electron chi connectivity index (χ4n) is 2.49. The quantitative estimate of drug-likeness (QED) is 0.528. The van der Waals surface area contributed by atoms with E-state index in [9.17, 15) is 4.79 Å². The first kappa shape index (κ1) is 13.4. The molecule has 5 N–H and O–H groups in total. The van der Waals surface area contributed by atoms with E-state index in [1.807, 2.05) is 11.9 Å². The van der Waals surface area contributed by atoms with Crippen LogP contribution in [0.3, 0.4) is 0 Å². The molecule has 1 rings (SSSR count). The van der Waals surface area contributed by atoms with Crippen molar-refractivity contribution in [1.29, 1.82) is 0 Å². The van der Waals surface area contributed by atoms with E-state index in [1.165, 1.54) is 0 Å². The van der Waals surface area contributed by atoms with Gasteiger partial charge in [0.25, 0.3) is 0 Å². The predicted molar refractivity (Wildman–Crippen MR) is 64.9 cm³/mol. The van der Waals surface area contributed by atoms with E-state index in [4.69, 9.17) is 11.5 Å². The number of hydrogen-bond acceptors (Lipinski definition) is 4. The van der Waals surface area contributed by atoms with Crippen molar-refractivity contribution in [1.82, 2.24) is 10.2 Å². The average Bonchev–Trinajstić information content (AvgIpc) is 2.56. The number of hydrogen-bond donors (Lipinski definition) is 3. The van der Waals surface area contributed by atoms with E-state index >= 15 is 0 Å². The van der Waals surface area contributed by atoms with Crippen LogP contribution >= 0.6 is 0 Å². The van der Waals surface area contributed by atoms with Gasteiger partial charge in [-0.1, -0.05) is 0 Å². The first-order valence-electron chi connectivity index (χ1n) is 6.04. The highest BCUT2D eigenvalue weighted by Crippen LogP contribution is 2.37. The zero-order valence-electron chi connectivity index (χ0n) is 10.2. The molecule has 5 nitrogen and oxygen atoms in total. The molecule has 1 aliphatic heterocycles. The van der Waals surface area contributed by atoms with E-state index in [2.05, 4.69) is 5.32 Å². The van der Waals surface area contributed by atoms with Crippen LogP contribution in [0.1, 0.15) is 19.3 Å². The van der Waals surface area contributed by atoms with Gasteiger partial charge in [0.05, 0.1) is 5.41 Å². The zero-order chi connectivity index (χ0) is 12.0. The summed E-state index contributed by atoms with van der Waals surface area (Å²) in [5.41, 5.74) is 10.9. The van der Waals surface area contributed by atoms with Crippen LogP contribution in [0.15, 0.2) is 0 Å². The highest BCUT2D eigenvalue weighted by atomic mass is 16.2. The number of amides is 1. The van der Waals surface area contributed by atoms with Gasteiger partial charge in [0.1, 0.15) is 0 Å². The minimum atomic E-state index is -0.267. The fourth-order valence-corrected chi connectivity index (χ4v) is 2.49. The maximum atomic E-state index is 12.3. The molecule has 0 radical (unpaired) electrons. The third-order valence-corrected chi connectivity index (χ3v) is 3.48. The van der Waals surface area contributed by atoms with Crippen LogP contribution in [0.2, 0.25) is 0 Å². The minimum Gasteiger partial charge on any atom is -0.341 e. The number of likely N-dealkylation sites (tertiary alicyclic amines) is 1. The summed E-state index contributed by atoms with van der Waals surface area (Å²) in [6.07, 6.45) is 2.43. The molecule has 0 aromatic heterocycles. The van der Waals surface area contributed by atoms with Crippen LogP contribution in [-0.2, 0) is 4.79 Å². The molecule has 1 heterocycles. The molecule has 0 spiro atoms. The molecule has 1 amide bonds. The van der Waals surface area contributed by atoms with E-state index in [-0.39, 0.29) is 11.3 Å². The number of likely N-dealkylation sites (N-methyl/N-ethyl adjacent to an activating group) is 1. The molecule has 0 aromatic carbocycles.